The van der Waals surface area contributed by atoms with E-state index in [2.05, 4.69) is 34.3 Å². The second kappa shape index (κ2) is 8.61. The van der Waals surface area contributed by atoms with Gasteiger partial charge in [0.05, 0.1) is 30.2 Å². The van der Waals surface area contributed by atoms with Crippen LogP contribution in [-0.4, -0.2) is 55.2 Å². The van der Waals surface area contributed by atoms with Crippen molar-refractivity contribution >= 4 is 23.1 Å². The number of anilines is 3. The number of carbonyl (C=O) groups is 1. The Balaban J connectivity index is 1.44. The number of benzene rings is 1. The van der Waals surface area contributed by atoms with Gasteiger partial charge in [-0.3, -0.25) is 4.79 Å². The Labute approximate surface area is 166 Å². The molecule has 148 valence electrons. The van der Waals surface area contributed by atoms with Crippen LogP contribution in [0, 0.1) is 5.92 Å². The van der Waals surface area contributed by atoms with E-state index in [1.807, 2.05) is 29.2 Å². The van der Waals surface area contributed by atoms with Gasteiger partial charge in [-0.2, -0.15) is 0 Å². The quantitative estimate of drug-likeness (QED) is 0.879. The Bertz CT molecular complexity index is 794. The van der Waals surface area contributed by atoms with Gasteiger partial charge in [0.2, 0.25) is 0 Å². The molecule has 28 heavy (non-hydrogen) atoms. The molecule has 1 N–H and O–H groups in total. The number of nitrogens with zero attached hydrogens (tertiary/aromatic N) is 3. The summed E-state index contributed by atoms with van der Waals surface area (Å²) in [6, 6.07) is 12.0. The van der Waals surface area contributed by atoms with Crippen LogP contribution in [0.3, 0.4) is 0 Å². The van der Waals surface area contributed by atoms with Crippen molar-refractivity contribution in [3.8, 4) is 0 Å². The molecule has 1 aromatic heterocycles. The summed E-state index contributed by atoms with van der Waals surface area (Å²) in [7, 11) is 0. The maximum Gasteiger partial charge on any atom is 0.255 e. The van der Waals surface area contributed by atoms with Crippen LogP contribution in [0.1, 0.15) is 30.1 Å². The normalized spacial score (nSPS) is 18.2. The summed E-state index contributed by atoms with van der Waals surface area (Å²) in [6.45, 7) is 7.19. The molecule has 0 aliphatic carbocycles. The second-order valence-electron chi connectivity index (χ2n) is 7.65. The van der Waals surface area contributed by atoms with E-state index in [1.54, 1.807) is 6.20 Å². The van der Waals surface area contributed by atoms with E-state index in [-0.39, 0.29) is 5.91 Å². The maximum atomic E-state index is 12.7. The third kappa shape index (κ3) is 4.28. The number of piperidine rings is 1. The van der Waals surface area contributed by atoms with Crippen LogP contribution in [-0.2, 0) is 4.74 Å². The summed E-state index contributed by atoms with van der Waals surface area (Å²) in [6.07, 6.45) is 3.84. The first kappa shape index (κ1) is 18.7. The number of morpholine rings is 1. The number of hydrogen-bond acceptors (Lipinski definition) is 5. The first-order valence-corrected chi connectivity index (χ1v) is 10.1. The van der Waals surface area contributed by atoms with Crippen molar-refractivity contribution in [3.05, 3.63) is 48.2 Å². The molecular formula is C22H28N4O2. The average Bonchev–Trinajstić information content (AvgIpc) is 2.75. The van der Waals surface area contributed by atoms with E-state index in [0.29, 0.717) is 11.5 Å². The van der Waals surface area contributed by atoms with Gasteiger partial charge in [0, 0.05) is 32.4 Å². The molecule has 0 radical (unpaired) electrons. The van der Waals surface area contributed by atoms with Crippen LogP contribution in [0.25, 0.3) is 0 Å². The van der Waals surface area contributed by atoms with Crippen molar-refractivity contribution in [1.29, 1.82) is 0 Å². The molecule has 6 heteroatoms. The maximum absolute atomic E-state index is 12.7. The summed E-state index contributed by atoms with van der Waals surface area (Å²) in [5, 5.41) is 3.40. The highest BCUT2D eigenvalue weighted by atomic mass is 16.5. The van der Waals surface area contributed by atoms with Crippen molar-refractivity contribution in [2.75, 3.05) is 49.6 Å². The van der Waals surface area contributed by atoms with E-state index in [9.17, 15) is 4.79 Å². The van der Waals surface area contributed by atoms with Gasteiger partial charge in [0.1, 0.15) is 5.82 Å². The zero-order valence-corrected chi connectivity index (χ0v) is 16.4. The lowest BCUT2D eigenvalue weighted by atomic mass is 9.99. The smallest absolute Gasteiger partial charge is 0.255 e. The average molecular weight is 380 g/mol. The van der Waals surface area contributed by atoms with E-state index in [4.69, 9.17) is 4.74 Å². The molecule has 4 rings (SSSR count). The topological polar surface area (TPSA) is 57.7 Å². The molecule has 2 fully saturated rings. The van der Waals surface area contributed by atoms with Gasteiger partial charge < -0.3 is 19.9 Å². The number of para-hydroxylation sites is 2. The number of carbonyl (C=O) groups excluding carboxylic acids is 1. The number of aromatic nitrogens is 1. The van der Waals surface area contributed by atoms with Gasteiger partial charge in [-0.1, -0.05) is 19.1 Å². The third-order valence-corrected chi connectivity index (χ3v) is 5.60. The van der Waals surface area contributed by atoms with Crippen molar-refractivity contribution in [1.82, 2.24) is 9.88 Å². The third-order valence-electron chi connectivity index (χ3n) is 5.60. The molecule has 1 amide bonds. The Morgan fingerprint density at radius 2 is 1.82 bits per heavy atom. The van der Waals surface area contributed by atoms with Gasteiger partial charge in [0.25, 0.3) is 5.91 Å². The molecule has 6 nitrogen and oxygen atoms in total. The lowest BCUT2D eigenvalue weighted by Gasteiger charge is -2.30. The predicted octanol–water partition coefficient (Wildman–Crippen LogP) is 3.53. The van der Waals surface area contributed by atoms with E-state index < -0.39 is 0 Å². The highest BCUT2D eigenvalue weighted by Crippen LogP contribution is 2.28. The number of likely N-dealkylation sites (tertiary alicyclic amines) is 1. The minimum absolute atomic E-state index is 0.0830. The lowest BCUT2D eigenvalue weighted by Crippen LogP contribution is -2.37. The molecule has 2 aromatic rings. The Kier molecular flexibility index (Phi) is 5.76. The molecule has 0 unspecified atom stereocenters. The minimum atomic E-state index is 0.0830. The van der Waals surface area contributed by atoms with Gasteiger partial charge >= 0.3 is 0 Å². The standard InChI is InChI=1S/C22H28N4O2/c1-17-8-10-26(11-9-17)22(27)18-6-7-21(23-16-18)24-19-4-2-3-5-20(19)25-12-14-28-15-13-25/h2-7,16-17H,8-15H2,1H3,(H,23,24). The first-order chi connectivity index (χ1) is 13.7. The van der Waals surface area contributed by atoms with E-state index >= 15 is 0 Å². The number of rotatable bonds is 4. The first-order valence-electron chi connectivity index (χ1n) is 10.1. The molecule has 0 saturated carbocycles. The zero-order chi connectivity index (χ0) is 19.3. The van der Waals surface area contributed by atoms with Gasteiger partial charge in [-0.25, -0.2) is 4.98 Å². The summed E-state index contributed by atoms with van der Waals surface area (Å²) >= 11 is 0. The van der Waals surface area contributed by atoms with E-state index in [0.717, 1.165) is 69.4 Å². The monoisotopic (exact) mass is 380 g/mol. The SMILES string of the molecule is CC1CCN(C(=O)c2ccc(Nc3ccccc3N3CCOCC3)nc2)CC1. The highest BCUT2D eigenvalue weighted by Gasteiger charge is 2.21. The summed E-state index contributed by atoms with van der Waals surface area (Å²) in [4.78, 5) is 21.4. The number of amides is 1. The molecule has 2 aliphatic rings. The Morgan fingerprint density at radius 1 is 1.07 bits per heavy atom. The van der Waals surface area contributed by atoms with Crippen molar-refractivity contribution in [3.63, 3.8) is 0 Å². The Morgan fingerprint density at radius 3 is 2.54 bits per heavy atom. The molecule has 0 spiro atoms. The highest BCUT2D eigenvalue weighted by molar-refractivity contribution is 5.94. The van der Waals surface area contributed by atoms with Crippen LogP contribution >= 0.6 is 0 Å². The van der Waals surface area contributed by atoms with Crippen molar-refractivity contribution in [2.24, 2.45) is 5.92 Å². The van der Waals surface area contributed by atoms with Crippen molar-refractivity contribution < 1.29 is 9.53 Å². The second-order valence-corrected chi connectivity index (χ2v) is 7.65. The van der Waals surface area contributed by atoms with Gasteiger partial charge in [-0.15, -0.1) is 0 Å². The zero-order valence-electron chi connectivity index (χ0n) is 16.4. The van der Waals surface area contributed by atoms with Crippen LogP contribution in [0.4, 0.5) is 17.2 Å². The summed E-state index contributed by atoms with van der Waals surface area (Å²) < 4.78 is 5.46. The fourth-order valence-electron chi connectivity index (χ4n) is 3.79. The summed E-state index contributed by atoms with van der Waals surface area (Å²) in [5.74, 6) is 1.53. The van der Waals surface area contributed by atoms with Gasteiger partial charge in [-0.05, 0) is 43.0 Å². The number of ether oxygens (including phenoxy) is 1. The van der Waals surface area contributed by atoms with Crippen molar-refractivity contribution in [2.45, 2.75) is 19.8 Å². The minimum Gasteiger partial charge on any atom is -0.378 e. The van der Waals surface area contributed by atoms with Gasteiger partial charge in [0.15, 0.2) is 0 Å². The van der Waals surface area contributed by atoms with Crippen LogP contribution in [0.5, 0.6) is 0 Å². The fraction of sp³-hybridized carbons (Fsp3) is 0.455. The predicted molar refractivity (Wildman–Crippen MR) is 111 cm³/mol. The van der Waals surface area contributed by atoms with Crippen LogP contribution in [0.15, 0.2) is 42.6 Å². The number of nitrogens with one attached hydrogen (secondary N) is 1. The van der Waals surface area contributed by atoms with E-state index in [1.165, 1.54) is 0 Å². The Hall–Kier alpha value is -2.60. The largest absolute Gasteiger partial charge is 0.378 e. The molecule has 3 heterocycles. The summed E-state index contributed by atoms with van der Waals surface area (Å²) in [5.41, 5.74) is 2.82. The molecule has 2 saturated heterocycles. The molecule has 0 atom stereocenters. The molecule has 0 bridgehead atoms. The lowest BCUT2D eigenvalue weighted by molar-refractivity contribution is 0.0697. The molecule has 2 aliphatic heterocycles. The molecular weight excluding hydrogens is 352 g/mol. The molecule has 1 aromatic carbocycles. The fourth-order valence-corrected chi connectivity index (χ4v) is 3.79. The van der Waals surface area contributed by atoms with Crippen LogP contribution in [0.2, 0.25) is 0 Å². The number of pyridine rings is 1. The van der Waals surface area contributed by atoms with Crippen LogP contribution < -0.4 is 10.2 Å². The number of hydrogen-bond donors (Lipinski definition) is 1.